The van der Waals surface area contributed by atoms with Crippen LogP contribution in [0.4, 0.5) is 4.39 Å². The number of hydrogen-bond acceptors (Lipinski definition) is 3. The lowest BCUT2D eigenvalue weighted by Gasteiger charge is -1.99. The van der Waals surface area contributed by atoms with Gasteiger partial charge in [-0.1, -0.05) is 18.7 Å². The lowest BCUT2D eigenvalue weighted by Crippen LogP contribution is -2.33. The summed E-state index contributed by atoms with van der Waals surface area (Å²) in [4.78, 5) is 23.7. The standard InChI is InChI=1S/C22H15FN2O4/c1-13-19(21(26)25(24-13)17-8-6-16(23)7-9-17)12-18-10-11-20(29-18)14-2-4-15(5-3-14)22(27)28/h2-12,24H,1H2,(H,27,28). The highest BCUT2D eigenvalue weighted by molar-refractivity contribution is 5.88. The van der Waals surface area contributed by atoms with Crippen LogP contribution in [0, 0.1) is 5.82 Å². The van der Waals surface area contributed by atoms with Crippen LogP contribution >= 0.6 is 0 Å². The average Bonchev–Trinajstić information content (AvgIpc) is 3.29. The van der Waals surface area contributed by atoms with Crippen LogP contribution in [-0.2, 0) is 0 Å². The van der Waals surface area contributed by atoms with Crippen LogP contribution in [0.5, 0.6) is 0 Å². The van der Waals surface area contributed by atoms with Crippen molar-refractivity contribution in [3.63, 3.8) is 0 Å². The van der Waals surface area contributed by atoms with Gasteiger partial charge in [-0.25, -0.2) is 13.9 Å². The number of nitrogens with one attached hydrogen (secondary N) is 1. The Labute approximate surface area is 163 Å². The zero-order valence-corrected chi connectivity index (χ0v) is 15.1. The van der Waals surface area contributed by atoms with E-state index in [4.69, 9.17) is 9.52 Å². The Bertz CT molecular complexity index is 1360. The number of carbonyl (C=O) groups is 1. The molecule has 0 aliphatic carbocycles. The van der Waals surface area contributed by atoms with Gasteiger partial charge in [-0.3, -0.25) is 9.89 Å². The zero-order valence-electron chi connectivity index (χ0n) is 15.1. The highest BCUT2D eigenvalue weighted by Gasteiger charge is 2.08. The smallest absolute Gasteiger partial charge is 0.335 e. The van der Waals surface area contributed by atoms with E-state index in [-0.39, 0.29) is 11.1 Å². The van der Waals surface area contributed by atoms with Gasteiger partial charge in [-0.05, 0) is 54.6 Å². The van der Waals surface area contributed by atoms with Gasteiger partial charge in [0.1, 0.15) is 17.3 Å². The molecular formula is C22H15FN2O4. The molecule has 0 fully saturated rings. The Hall–Kier alpha value is -4.13. The van der Waals surface area contributed by atoms with Crippen molar-refractivity contribution in [2.45, 2.75) is 0 Å². The first-order chi connectivity index (χ1) is 13.9. The third-order valence-electron chi connectivity index (χ3n) is 4.42. The SMILES string of the molecule is C=c1[nH]n(-c2ccc(F)cc2)c(=O)c1=Cc1ccc(-c2ccc(C(=O)O)cc2)o1. The van der Waals surface area contributed by atoms with E-state index >= 15 is 0 Å². The number of nitrogens with zero attached hydrogens (tertiary/aromatic N) is 1. The predicted octanol–water partition coefficient (Wildman–Crippen LogP) is 2.50. The molecule has 29 heavy (non-hydrogen) atoms. The molecule has 4 rings (SSSR count). The van der Waals surface area contributed by atoms with Crippen LogP contribution in [-0.4, -0.2) is 20.9 Å². The Morgan fingerprint density at radius 2 is 1.76 bits per heavy atom. The van der Waals surface area contributed by atoms with E-state index in [0.29, 0.717) is 33.3 Å². The number of rotatable bonds is 4. The van der Waals surface area contributed by atoms with Crippen LogP contribution in [0.15, 0.2) is 69.9 Å². The highest BCUT2D eigenvalue weighted by Crippen LogP contribution is 2.22. The summed E-state index contributed by atoms with van der Waals surface area (Å²) in [5, 5.41) is 12.6. The lowest BCUT2D eigenvalue weighted by molar-refractivity contribution is 0.0697. The second kappa shape index (κ2) is 7.12. The highest BCUT2D eigenvalue weighted by atomic mass is 19.1. The topological polar surface area (TPSA) is 88.2 Å². The third-order valence-corrected chi connectivity index (χ3v) is 4.42. The van der Waals surface area contributed by atoms with Gasteiger partial charge >= 0.3 is 5.97 Å². The van der Waals surface area contributed by atoms with Crippen molar-refractivity contribution in [2.24, 2.45) is 0 Å². The minimum Gasteiger partial charge on any atom is -0.478 e. The summed E-state index contributed by atoms with van der Waals surface area (Å²) in [5.74, 6) is -0.421. The number of halogens is 1. The molecule has 0 saturated carbocycles. The molecule has 7 heteroatoms. The van der Waals surface area contributed by atoms with Crippen molar-refractivity contribution in [1.82, 2.24) is 9.78 Å². The number of furan rings is 1. The summed E-state index contributed by atoms with van der Waals surface area (Å²) in [6.07, 6.45) is 1.57. The lowest BCUT2D eigenvalue weighted by atomic mass is 10.1. The number of carboxylic acids is 1. The summed E-state index contributed by atoms with van der Waals surface area (Å²) in [7, 11) is 0. The van der Waals surface area contributed by atoms with E-state index in [1.54, 1.807) is 30.3 Å². The quantitative estimate of drug-likeness (QED) is 0.560. The summed E-state index contributed by atoms with van der Waals surface area (Å²) < 4.78 is 20.2. The van der Waals surface area contributed by atoms with Gasteiger partial charge in [-0.15, -0.1) is 0 Å². The van der Waals surface area contributed by atoms with E-state index in [2.05, 4.69) is 11.7 Å². The molecule has 0 aliphatic heterocycles. The predicted molar refractivity (Wildman–Crippen MR) is 106 cm³/mol. The van der Waals surface area contributed by atoms with Gasteiger partial charge in [0, 0.05) is 5.56 Å². The third kappa shape index (κ3) is 3.53. The first-order valence-corrected chi connectivity index (χ1v) is 8.63. The second-order valence-electron chi connectivity index (χ2n) is 6.35. The fraction of sp³-hybridized carbons (Fsp3) is 0. The molecule has 2 aromatic carbocycles. The summed E-state index contributed by atoms with van der Waals surface area (Å²) in [6.45, 7) is 3.85. The molecule has 0 aliphatic rings. The summed E-state index contributed by atoms with van der Waals surface area (Å²) in [6, 6.07) is 15.2. The molecule has 4 aromatic rings. The summed E-state index contributed by atoms with van der Waals surface area (Å²) in [5.41, 5.74) is 1.04. The van der Waals surface area contributed by atoms with Crippen molar-refractivity contribution in [3.8, 4) is 17.0 Å². The summed E-state index contributed by atoms with van der Waals surface area (Å²) >= 11 is 0. The molecule has 2 N–H and O–H groups in total. The Balaban J connectivity index is 1.71. The fourth-order valence-corrected chi connectivity index (χ4v) is 2.92. The molecule has 0 saturated heterocycles. The van der Waals surface area contributed by atoms with Gasteiger partial charge in [0.25, 0.3) is 5.56 Å². The number of H-pyrrole nitrogens is 1. The van der Waals surface area contributed by atoms with Crippen LogP contribution < -0.4 is 16.1 Å². The van der Waals surface area contributed by atoms with E-state index in [0.717, 1.165) is 0 Å². The zero-order chi connectivity index (χ0) is 20.5. The van der Waals surface area contributed by atoms with Crippen molar-refractivity contribution < 1.29 is 18.7 Å². The number of benzene rings is 2. The maximum Gasteiger partial charge on any atom is 0.335 e. The molecule has 0 radical (unpaired) electrons. The molecule has 2 aromatic heterocycles. The molecule has 0 amide bonds. The molecule has 6 nitrogen and oxygen atoms in total. The van der Waals surface area contributed by atoms with E-state index in [9.17, 15) is 14.0 Å². The first-order valence-electron chi connectivity index (χ1n) is 8.63. The number of aromatic carboxylic acids is 1. The van der Waals surface area contributed by atoms with E-state index in [1.165, 1.54) is 41.1 Å². The molecule has 0 bridgehead atoms. The minimum atomic E-state index is -1.00. The van der Waals surface area contributed by atoms with Crippen molar-refractivity contribution >= 4 is 18.6 Å². The minimum absolute atomic E-state index is 0.183. The number of aromatic nitrogens is 2. The fourth-order valence-electron chi connectivity index (χ4n) is 2.92. The van der Waals surface area contributed by atoms with Crippen molar-refractivity contribution in [2.75, 3.05) is 0 Å². The van der Waals surface area contributed by atoms with Crippen molar-refractivity contribution in [3.05, 3.63) is 98.7 Å². The molecular weight excluding hydrogens is 375 g/mol. The van der Waals surface area contributed by atoms with Gasteiger partial charge in [-0.2, -0.15) is 0 Å². The van der Waals surface area contributed by atoms with Gasteiger partial charge in [0.05, 0.1) is 21.8 Å². The van der Waals surface area contributed by atoms with Crippen LogP contribution in [0.25, 0.3) is 29.7 Å². The number of carboxylic acid groups (broad SMARTS) is 1. The second-order valence-corrected chi connectivity index (χ2v) is 6.35. The number of aromatic amines is 1. The van der Waals surface area contributed by atoms with Gasteiger partial charge < -0.3 is 9.52 Å². The van der Waals surface area contributed by atoms with Crippen molar-refractivity contribution in [1.29, 1.82) is 0 Å². The van der Waals surface area contributed by atoms with E-state index in [1.807, 2.05) is 0 Å². The van der Waals surface area contributed by atoms with E-state index < -0.39 is 11.8 Å². The van der Waals surface area contributed by atoms with Crippen LogP contribution in [0.3, 0.4) is 0 Å². The Morgan fingerprint density at radius 3 is 2.41 bits per heavy atom. The Kier molecular flexibility index (Phi) is 4.48. The average molecular weight is 390 g/mol. The van der Waals surface area contributed by atoms with Gasteiger partial charge in [0.2, 0.25) is 0 Å². The molecule has 0 atom stereocenters. The van der Waals surface area contributed by atoms with Crippen LogP contribution in [0.1, 0.15) is 16.1 Å². The maximum atomic E-state index is 13.1. The Morgan fingerprint density at radius 1 is 1.07 bits per heavy atom. The monoisotopic (exact) mass is 390 g/mol. The first kappa shape index (κ1) is 18.2. The molecule has 0 spiro atoms. The molecule has 0 unspecified atom stereocenters. The van der Waals surface area contributed by atoms with Crippen LogP contribution in [0.2, 0.25) is 0 Å². The molecule has 2 heterocycles. The maximum absolute atomic E-state index is 13.1. The normalized spacial score (nSPS) is 11.7. The number of hydrogen-bond donors (Lipinski definition) is 2. The largest absolute Gasteiger partial charge is 0.478 e. The van der Waals surface area contributed by atoms with Gasteiger partial charge in [0.15, 0.2) is 0 Å². The molecule has 144 valence electrons.